The van der Waals surface area contributed by atoms with Gasteiger partial charge < -0.3 is 5.11 Å². The highest BCUT2D eigenvalue weighted by atomic mass is 79.9. The SMILES string of the molecule is Cn1cc(C(=O)Nc2nc3cc(C(=O)O)c(Br)cn3n2)nn1. The van der Waals surface area contributed by atoms with Gasteiger partial charge in [0.15, 0.2) is 11.3 Å². The predicted molar refractivity (Wildman–Crippen MR) is 76.6 cm³/mol. The largest absolute Gasteiger partial charge is 0.478 e. The van der Waals surface area contributed by atoms with Gasteiger partial charge in [0.25, 0.3) is 5.91 Å². The number of carboxylic acid groups (broad SMARTS) is 1. The first-order valence-electron chi connectivity index (χ1n) is 5.91. The van der Waals surface area contributed by atoms with Gasteiger partial charge in [-0.15, -0.1) is 10.2 Å². The molecule has 1 amide bonds. The highest BCUT2D eigenvalue weighted by molar-refractivity contribution is 9.10. The molecule has 0 saturated carbocycles. The highest BCUT2D eigenvalue weighted by Crippen LogP contribution is 2.19. The average Bonchev–Trinajstić information content (AvgIpc) is 3.03. The van der Waals surface area contributed by atoms with Gasteiger partial charge in [-0.25, -0.2) is 9.31 Å². The minimum atomic E-state index is -1.09. The molecule has 3 heterocycles. The minimum Gasteiger partial charge on any atom is -0.478 e. The van der Waals surface area contributed by atoms with E-state index in [4.69, 9.17) is 5.11 Å². The molecule has 2 N–H and O–H groups in total. The number of hydrogen-bond acceptors (Lipinski definition) is 6. The van der Waals surface area contributed by atoms with Crippen molar-refractivity contribution in [2.45, 2.75) is 0 Å². The lowest BCUT2D eigenvalue weighted by atomic mass is 10.3. The molecule has 22 heavy (non-hydrogen) atoms. The van der Waals surface area contributed by atoms with Gasteiger partial charge in [-0.1, -0.05) is 5.21 Å². The molecular formula is C11H8BrN7O3. The molecule has 3 aromatic heterocycles. The summed E-state index contributed by atoms with van der Waals surface area (Å²) in [6.07, 6.45) is 2.90. The molecule has 0 spiro atoms. The summed E-state index contributed by atoms with van der Waals surface area (Å²) in [5.41, 5.74) is 0.454. The molecule has 0 atom stereocenters. The number of aromatic carboxylic acids is 1. The number of carboxylic acids is 1. The van der Waals surface area contributed by atoms with Crippen molar-refractivity contribution in [3.63, 3.8) is 0 Å². The normalized spacial score (nSPS) is 10.8. The Labute approximate surface area is 130 Å². The van der Waals surface area contributed by atoms with Crippen molar-refractivity contribution in [2.75, 3.05) is 5.32 Å². The number of rotatable bonds is 3. The Kier molecular flexibility index (Phi) is 3.33. The number of carbonyl (C=O) groups excluding carboxylic acids is 1. The van der Waals surface area contributed by atoms with Gasteiger partial charge in [0.05, 0.1) is 16.2 Å². The summed E-state index contributed by atoms with van der Waals surface area (Å²) in [6.45, 7) is 0. The number of hydrogen-bond donors (Lipinski definition) is 2. The molecule has 0 radical (unpaired) electrons. The second-order valence-electron chi connectivity index (χ2n) is 4.31. The van der Waals surface area contributed by atoms with Crippen molar-refractivity contribution >= 4 is 39.4 Å². The molecule has 0 fully saturated rings. The van der Waals surface area contributed by atoms with E-state index >= 15 is 0 Å². The second-order valence-corrected chi connectivity index (χ2v) is 5.16. The Morgan fingerprint density at radius 3 is 2.77 bits per heavy atom. The zero-order chi connectivity index (χ0) is 15.9. The third kappa shape index (κ3) is 2.53. The number of halogens is 1. The summed E-state index contributed by atoms with van der Waals surface area (Å²) in [4.78, 5) is 27.0. The molecule has 0 aliphatic heterocycles. The fourth-order valence-corrected chi connectivity index (χ4v) is 2.22. The Bertz CT molecular complexity index is 900. The molecule has 112 valence electrons. The van der Waals surface area contributed by atoms with Crippen molar-refractivity contribution in [1.82, 2.24) is 29.6 Å². The molecule has 0 aliphatic carbocycles. The topological polar surface area (TPSA) is 127 Å². The Morgan fingerprint density at radius 2 is 2.14 bits per heavy atom. The van der Waals surface area contributed by atoms with Crippen molar-refractivity contribution < 1.29 is 14.7 Å². The molecule has 11 heteroatoms. The van der Waals surface area contributed by atoms with Gasteiger partial charge in [-0.2, -0.15) is 4.98 Å². The molecular weight excluding hydrogens is 358 g/mol. The summed E-state index contributed by atoms with van der Waals surface area (Å²) in [5, 5.41) is 22.9. The van der Waals surface area contributed by atoms with E-state index in [-0.39, 0.29) is 22.9 Å². The van der Waals surface area contributed by atoms with Crippen LogP contribution in [-0.2, 0) is 7.05 Å². The van der Waals surface area contributed by atoms with Crippen LogP contribution in [0.3, 0.4) is 0 Å². The van der Waals surface area contributed by atoms with Crippen LogP contribution in [0.15, 0.2) is 22.9 Å². The first kappa shape index (κ1) is 14.1. The lowest BCUT2D eigenvalue weighted by molar-refractivity contribution is 0.0695. The summed E-state index contributed by atoms with van der Waals surface area (Å²) in [5.74, 6) is -1.57. The van der Waals surface area contributed by atoms with E-state index in [1.165, 1.54) is 27.7 Å². The van der Waals surface area contributed by atoms with Crippen molar-refractivity contribution in [3.8, 4) is 0 Å². The van der Waals surface area contributed by atoms with E-state index < -0.39 is 11.9 Å². The van der Waals surface area contributed by atoms with Crippen LogP contribution in [0.25, 0.3) is 5.65 Å². The summed E-state index contributed by atoms with van der Waals surface area (Å²) < 4.78 is 3.09. The number of aromatic nitrogens is 6. The second kappa shape index (κ2) is 5.18. The summed E-state index contributed by atoms with van der Waals surface area (Å²) >= 11 is 3.14. The van der Waals surface area contributed by atoms with Crippen LogP contribution in [0.2, 0.25) is 0 Å². The monoisotopic (exact) mass is 365 g/mol. The lowest BCUT2D eigenvalue weighted by Gasteiger charge is -1.98. The van der Waals surface area contributed by atoms with Crippen LogP contribution in [-0.4, -0.2) is 46.6 Å². The Balaban J connectivity index is 1.92. The number of nitrogens with zero attached hydrogens (tertiary/aromatic N) is 6. The van der Waals surface area contributed by atoms with Gasteiger partial charge in [-0.05, 0) is 22.0 Å². The third-order valence-electron chi connectivity index (χ3n) is 2.72. The van der Waals surface area contributed by atoms with Gasteiger partial charge >= 0.3 is 5.97 Å². The molecule has 0 aliphatic rings. The van der Waals surface area contributed by atoms with Gasteiger partial charge in [-0.3, -0.25) is 14.8 Å². The molecule has 0 unspecified atom stereocenters. The van der Waals surface area contributed by atoms with Crippen LogP contribution in [0.5, 0.6) is 0 Å². The van der Waals surface area contributed by atoms with Crippen molar-refractivity contribution in [2.24, 2.45) is 7.05 Å². The standard InChI is InChI=1S/C11H8BrN7O3/c1-18-4-7(15-17-18)9(20)14-11-13-8-2-5(10(21)22)6(12)3-19(8)16-11/h2-4H,1H3,(H,21,22)(H,14,16,20). The number of pyridine rings is 1. The molecule has 0 aromatic carbocycles. The highest BCUT2D eigenvalue weighted by Gasteiger charge is 2.15. The summed E-state index contributed by atoms with van der Waals surface area (Å²) in [6, 6.07) is 1.34. The van der Waals surface area contributed by atoms with Gasteiger partial charge in [0.1, 0.15) is 0 Å². The van der Waals surface area contributed by atoms with Crippen LogP contribution in [0.1, 0.15) is 20.8 Å². The maximum Gasteiger partial charge on any atom is 0.337 e. The Morgan fingerprint density at radius 1 is 1.36 bits per heavy atom. The molecule has 3 rings (SSSR count). The van der Waals surface area contributed by atoms with Crippen molar-refractivity contribution in [3.05, 3.63) is 34.2 Å². The zero-order valence-electron chi connectivity index (χ0n) is 11.1. The first-order valence-corrected chi connectivity index (χ1v) is 6.70. The van der Waals surface area contributed by atoms with Crippen LogP contribution in [0, 0.1) is 0 Å². The Hall–Kier alpha value is -2.82. The molecule has 3 aromatic rings. The molecule has 0 bridgehead atoms. The number of anilines is 1. The quantitative estimate of drug-likeness (QED) is 0.694. The number of amides is 1. The maximum atomic E-state index is 11.9. The van der Waals surface area contributed by atoms with E-state index in [0.717, 1.165) is 0 Å². The van der Waals surface area contributed by atoms with Crippen molar-refractivity contribution in [1.29, 1.82) is 0 Å². The number of carbonyl (C=O) groups is 2. The van der Waals surface area contributed by atoms with E-state index in [9.17, 15) is 9.59 Å². The lowest BCUT2D eigenvalue weighted by Crippen LogP contribution is -2.13. The third-order valence-corrected chi connectivity index (χ3v) is 3.35. The zero-order valence-corrected chi connectivity index (χ0v) is 12.6. The van der Waals surface area contributed by atoms with Crippen LogP contribution < -0.4 is 5.32 Å². The smallest absolute Gasteiger partial charge is 0.337 e. The van der Waals surface area contributed by atoms with E-state index in [2.05, 4.69) is 41.6 Å². The molecule has 10 nitrogen and oxygen atoms in total. The maximum absolute atomic E-state index is 11.9. The number of fused-ring (bicyclic) bond motifs is 1. The predicted octanol–water partition coefficient (Wildman–Crippen LogP) is 0.571. The van der Waals surface area contributed by atoms with E-state index in [1.54, 1.807) is 7.05 Å². The average molecular weight is 366 g/mol. The fourth-order valence-electron chi connectivity index (χ4n) is 1.74. The van der Waals surface area contributed by atoms with E-state index in [1.807, 2.05) is 0 Å². The minimum absolute atomic E-state index is 0.0325. The fraction of sp³-hybridized carbons (Fsp3) is 0.0909. The van der Waals surface area contributed by atoms with Crippen LogP contribution in [0.4, 0.5) is 5.95 Å². The van der Waals surface area contributed by atoms with Gasteiger partial charge in [0, 0.05) is 13.2 Å². The number of nitrogens with one attached hydrogen (secondary N) is 1. The number of aryl methyl sites for hydroxylation is 1. The summed E-state index contributed by atoms with van der Waals surface area (Å²) in [7, 11) is 1.64. The van der Waals surface area contributed by atoms with Gasteiger partial charge in [0.2, 0.25) is 5.95 Å². The van der Waals surface area contributed by atoms with Crippen LogP contribution >= 0.6 is 15.9 Å². The first-order chi connectivity index (χ1) is 10.4. The molecule has 0 saturated heterocycles. The van der Waals surface area contributed by atoms with E-state index in [0.29, 0.717) is 4.47 Å².